The van der Waals surface area contributed by atoms with Crippen molar-refractivity contribution in [3.05, 3.63) is 28.2 Å². The Morgan fingerprint density at radius 2 is 1.95 bits per heavy atom. The van der Waals surface area contributed by atoms with Crippen molar-refractivity contribution in [1.82, 2.24) is 4.90 Å². The van der Waals surface area contributed by atoms with Gasteiger partial charge in [0, 0.05) is 23.6 Å². The highest BCUT2D eigenvalue weighted by molar-refractivity contribution is 9.10. The van der Waals surface area contributed by atoms with Gasteiger partial charge >= 0.3 is 0 Å². The molecule has 3 nitrogen and oxygen atoms in total. The number of piperidine rings is 1. The minimum Gasteiger partial charge on any atom is -0.389 e. The first-order chi connectivity index (χ1) is 10.1. The van der Waals surface area contributed by atoms with Gasteiger partial charge in [0.05, 0.1) is 11.8 Å². The zero-order valence-corrected chi connectivity index (χ0v) is 14.3. The average molecular weight is 353 g/mol. The molecule has 0 aromatic heterocycles. The van der Waals surface area contributed by atoms with Gasteiger partial charge in [-0.1, -0.05) is 12.5 Å². The van der Waals surface area contributed by atoms with E-state index in [4.69, 9.17) is 0 Å². The molecule has 2 aliphatic rings. The second kappa shape index (κ2) is 6.67. The van der Waals surface area contributed by atoms with Crippen molar-refractivity contribution in [2.75, 3.05) is 31.1 Å². The predicted molar refractivity (Wildman–Crippen MR) is 90.8 cm³/mol. The zero-order valence-electron chi connectivity index (χ0n) is 12.8. The molecule has 1 aromatic rings. The molecule has 0 radical (unpaired) electrons. The summed E-state index contributed by atoms with van der Waals surface area (Å²) < 4.78 is 1.10. The summed E-state index contributed by atoms with van der Waals surface area (Å²) in [5, 5.41) is 9.68. The van der Waals surface area contributed by atoms with Crippen LogP contribution in [0.1, 0.15) is 44.3 Å². The summed E-state index contributed by atoms with van der Waals surface area (Å²) in [5.74, 6) is 0. The smallest absolute Gasteiger partial charge is 0.0762 e. The van der Waals surface area contributed by atoms with E-state index in [0.29, 0.717) is 6.04 Å². The third-order valence-corrected chi connectivity index (χ3v) is 5.50. The SMILES string of the molecule is C[C@@H](O)c1ccc(N2CCC(N3CCCCC3)C2)c(Br)c1. The number of benzene rings is 1. The molecular formula is C17H25BrN2O. The highest BCUT2D eigenvalue weighted by Gasteiger charge is 2.29. The molecule has 2 saturated heterocycles. The molecule has 0 spiro atoms. The normalized spacial score (nSPS) is 25.3. The molecule has 2 atom stereocenters. The van der Waals surface area contributed by atoms with Gasteiger partial charge in [0.15, 0.2) is 0 Å². The van der Waals surface area contributed by atoms with Crippen LogP contribution in [-0.4, -0.2) is 42.2 Å². The lowest BCUT2D eigenvalue weighted by atomic mass is 10.1. The summed E-state index contributed by atoms with van der Waals surface area (Å²) in [4.78, 5) is 5.16. The maximum absolute atomic E-state index is 9.68. The number of aliphatic hydroxyl groups excluding tert-OH is 1. The lowest BCUT2D eigenvalue weighted by Gasteiger charge is -2.32. The molecular weight excluding hydrogens is 328 g/mol. The molecule has 0 amide bonds. The van der Waals surface area contributed by atoms with Crippen molar-refractivity contribution >= 4 is 21.6 Å². The highest BCUT2D eigenvalue weighted by atomic mass is 79.9. The number of aliphatic hydroxyl groups is 1. The van der Waals surface area contributed by atoms with Crippen molar-refractivity contribution in [1.29, 1.82) is 0 Å². The summed E-state index contributed by atoms with van der Waals surface area (Å²) in [6, 6.07) is 6.95. The quantitative estimate of drug-likeness (QED) is 0.900. The first kappa shape index (κ1) is 15.3. The van der Waals surface area contributed by atoms with E-state index in [9.17, 15) is 5.11 Å². The average Bonchev–Trinajstić information content (AvgIpc) is 2.97. The fraction of sp³-hybridized carbons (Fsp3) is 0.647. The molecule has 21 heavy (non-hydrogen) atoms. The molecule has 2 heterocycles. The van der Waals surface area contributed by atoms with Crippen LogP contribution < -0.4 is 4.90 Å². The van der Waals surface area contributed by atoms with Crippen molar-refractivity contribution in [2.45, 2.75) is 44.8 Å². The van der Waals surface area contributed by atoms with Crippen LogP contribution in [0.3, 0.4) is 0 Å². The molecule has 3 rings (SSSR count). The number of halogens is 1. The Bertz CT molecular complexity index is 486. The number of rotatable bonds is 3. The number of anilines is 1. The zero-order chi connectivity index (χ0) is 14.8. The molecule has 1 N–H and O–H groups in total. The van der Waals surface area contributed by atoms with Gasteiger partial charge in [0.1, 0.15) is 0 Å². The van der Waals surface area contributed by atoms with E-state index in [-0.39, 0.29) is 0 Å². The minimum atomic E-state index is -0.407. The van der Waals surface area contributed by atoms with E-state index < -0.39 is 6.10 Å². The molecule has 1 aromatic carbocycles. The third kappa shape index (κ3) is 3.43. The summed E-state index contributed by atoms with van der Waals surface area (Å²) in [7, 11) is 0. The van der Waals surface area contributed by atoms with Crippen LogP contribution in [0.2, 0.25) is 0 Å². The molecule has 0 aliphatic carbocycles. The number of likely N-dealkylation sites (tertiary alicyclic amines) is 1. The van der Waals surface area contributed by atoms with Gasteiger partial charge in [0.2, 0.25) is 0 Å². The van der Waals surface area contributed by atoms with Crippen LogP contribution in [0.25, 0.3) is 0 Å². The van der Waals surface area contributed by atoms with Crippen molar-refractivity contribution in [3.63, 3.8) is 0 Å². The Hall–Kier alpha value is -0.580. The molecule has 1 unspecified atom stereocenters. The highest BCUT2D eigenvalue weighted by Crippen LogP contribution is 2.32. The van der Waals surface area contributed by atoms with Gasteiger partial charge in [-0.2, -0.15) is 0 Å². The number of nitrogens with zero attached hydrogens (tertiary/aromatic N) is 2. The van der Waals surface area contributed by atoms with Crippen molar-refractivity contribution in [2.24, 2.45) is 0 Å². The lowest BCUT2D eigenvalue weighted by Crippen LogP contribution is -2.40. The van der Waals surface area contributed by atoms with E-state index in [0.717, 1.165) is 23.1 Å². The van der Waals surface area contributed by atoms with Crippen molar-refractivity contribution in [3.8, 4) is 0 Å². The fourth-order valence-electron chi connectivity index (χ4n) is 3.58. The molecule has 2 fully saturated rings. The number of hydrogen-bond acceptors (Lipinski definition) is 3. The fourth-order valence-corrected chi connectivity index (χ4v) is 4.23. The Labute approximate surface area is 136 Å². The minimum absolute atomic E-state index is 0.407. The molecule has 4 heteroatoms. The summed E-state index contributed by atoms with van der Waals surface area (Å²) in [6.45, 7) is 6.63. The van der Waals surface area contributed by atoms with Gasteiger partial charge < -0.3 is 10.0 Å². The van der Waals surface area contributed by atoms with E-state index in [1.54, 1.807) is 0 Å². The van der Waals surface area contributed by atoms with Crippen LogP contribution >= 0.6 is 15.9 Å². The first-order valence-corrected chi connectivity index (χ1v) is 8.91. The number of hydrogen-bond donors (Lipinski definition) is 1. The Kier molecular flexibility index (Phi) is 4.87. The van der Waals surface area contributed by atoms with Gasteiger partial charge in [-0.25, -0.2) is 0 Å². The molecule has 0 saturated carbocycles. The Morgan fingerprint density at radius 1 is 1.19 bits per heavy atom. The van der Waals surface area contributed by atoms with Crippen LogP contribution in [-0.2, 0) is 0 Å². The second-order valence-corrected chi connectivity index (χ2v) is 7.23. The maximum Gasteiger partial charge on any atom is 0.0762 e. The van der Waals surface area contributed by atoms with Crippen LogP contribution in [0.5, 0.6) is 0 Å². The summed E-state index contributed by atoms with van der Waals surface area (Å²) in [5.41, 5.74) is 2.23. The van der Waals surface area contributed by atoms with Gasteiger partial charge in [-0.05, 0) is 72.9 Å². The van der Waals surface area contributed by atoms with E-state index in [2.05, 4.69) is 31.8 Å². The second-order valence-electron chi connectivity index (χ2n) is 6.37. The molecule has 0 bridgehead atoms. The van der Waals surface area contributed by atoms with Crippen LogP contribution in [0, 0.1) is 0 Å². The third-order valence-electron chi connectivity index (χ3n) is 4.87. The summed E-state index contributed by atoms with van der Waals surface area (Å²) in [6.07, 6.45) is 4.99. The topological polar surface area (TPSA) is 26.7 Å². The van der Waals surface area contributed by atoms with Crippen molar-refractivity contribution < 1.29 is 5.11 Å². The van der Waals surface area contributed by atoms with E-state index >= 15 is 0 Å². The van der Waals surface area contributed by atoms with Crippen LogP contribution in [0.4, 0.5) is 5.69 Å². The monoisotopic (exact) mass is 352 g/mol. The van der Waals surface area contributed by atoms with Gasteiger partial charge in [-0.3, -0.25) is 4.90 Å². The first-order valence-electron chi connectivity index (χ1n) is 8.11. The van der Waals surface area contributed by atoms with Crippen LogP contribution in [0.15, 0.2) is 22.7 Å². The largest absolute Gasteiger partial charge is 0.389 e. The standard InChI is InChI=1S/C17H25BrN2O/c1-13(21)14-5-6-17(16(18)11-14)20-10-7-15(12-20)19-8-3-2-4-9-19/h5-6,11,13,15,21H,2-4,7-10,12H2,1H3/t13-,15?/m1/s1. The summed E-state index contributed by atoms with van der Waals surface area (Å²) >= 11 is 3.68. The lowest BCUT2D eigenvalue weighted by molar-refractivity contribution is 0.175. The molecule has 2 aliphatic heterocycles. The Morgan fingerprint density at radius 3 is 2.62 bits per heavy atom. The van der Waals surface area contributed by atoms with Gasteiger partial charge in [-0.15, -0.1) is 0 Å². The van der Waals surface area contributed by atoms with E-state index in [1.807, 2.05) is 19.1 Å². The Balaban J connectivity index is 1.68. The maximum atomic E-state index is 9.68. The van der Waals surface area contributed by atoms with E-state index in [1.165, 1.54) is 44.5 Å². The predicted octanol–water partition coefficient (Wildman–Crippen LogP) is 3.57. The van der Waals surface area contributed by atoms with Gasteiger partial charge in [0.25, 0.3) is 0 Å². The molecule has 116 valence electrons.